The fourth-order valence-electron chi connectivity index (χ4n) is 3.62. The molecule has 8 heteroatoms. The van der Waals surface area contributed by atoms with Crippen LogP contribution in [0.4, 0.5) is 0 Å². The van der Waals surface area contributed by atoms with E-state index in [1.165, 1.54) is 0 Å². The van der Waals surface area contributed by atoms with Gasteiger partial charge in [-0.3, -0.25) is 14.9 Å². The summed E-state index contributed by atoms with van der Waals surface area (Å²) >= 11 is 0. The van der Waals surface area contributed by atoms with E-state index in [4.69, 9.17) is 4.74 Å². The maximum Gasteiger partial charge on any atom is 0.287 e. The van der Waals surface area contributed by atoms with Crippen molar-refractivity contribution in [2.24, 2.45) is 0 Å². The second-order valence-electron chi connectivity index (χ2n) is 7.28. The van der Waals surface area contributed by atoms with Crippen LogP contribution in [0, 0.1) is 0 Å². The van der Waals surface area contributed by atoms with Crippen molar-refractivity contribution in [2.45, 2.75) is 13.0 Å². The zero-order valence-electron chi connectivity index (χ0n) is 17.0. The van der Waals surface area contributed by atoms with Gasteiger partial charge in [0.2, 0.25) is 0 Å². The molecule has 0 radical (unpaired) electrons. The molecule has 31 heavy (non-hydrogen) atoms. The molecule has 1 atom stereocenters. The lowest BCUT2D eigenvalue weighted by atomic mass is 10.1. The first-order valence-corrected chi connectivity index (χ1v) is 9.85. The minimum atomic E-state index is -0.275. The van der Waals surface area contributed by atoms with Gasteiger partial charge in [0.15, 0.2) is 5.82 Å². The van der Waals surface area contributed by atoms with Crippen LogP contribution in [0.25, 0.3) is 33.2 Å². The quantitative estimate of drug-likeness (QED) is 0.404. The molecule has 154 valence electrons. The van der Waals surface area contributed by atoms with Crippen molar-refractivity contribution in [3.8, 4) is 17.0 Å². The van der Waals surface area contributed by atoms with Crippen molar-refractivity contribution in [1.29, 1.82) is 0 Å². The Morgan fingerprint density at radius 3 is 2.74 bits per heavy atom. The van der Waals surface area contributed by atoms with Gasteiger partial charge in [-0.1, -0.05) is 12.1 Å². The molecule has 0 aliphatic heterocycles. The third-order valence-corrected chi connectivity index (χ3v) is 5.27. The van der Waals surface area contributed by atoms with Gasteiger partial charge in [0.25, 0.3) is 5.91 Å². The van der Waals surface area contributed by atoms with Crippen LogP contribution in [0.2, 0.25) is 0 Å². The van der Waals surface area contributed by atoms with Crippen molar-refractivity contribution >= 4 is 27.8 Å². The first-order valence-electron chi connectivity index (χ1n) is 9.85. The molecule has 0 aliphatic rings. The van der Waals surface area contributed by atoms with Crippen molar-refractivity contribution in [2.75, 3.05) is 7.11 Å². The molecule has 1 amide bonds. The third kappa shape index (κ3) is 3.48. The minimum Gasteiger partial charge on any atom is -0.497 e. The van der Waals surface area contributed by atoms with Crippen molar-refractivity contribution in [3.05, 3.63) is 72.3 Å². The van der Waals surface area contributed by atoms with Crippen LogP contribution < -0.4 is 10.1 Å². The number of aromatic amines is 2. The molecule has 0 bridgehead atoms. The van der Waals surface area contributed by atoms with Crippen LogP contribution in [-0.2, 0) is 0 Å². The van der Waals surface area contributed by atoms with Crippen molar-refractivity contribution in [3.63, 3.8) is 0 Å². The number of carbonyl (C=O) groups excluding carboxylic acids is 1. The van der Waals surface area contributed by atoms with Gasteiger partial charge in [0, 0.05) is 23.3 Å². The Bertz CT molecular complexity index is 1390. The summed E-state index contributed by atoms with van der Waals surface area (Å²) in [5.74, 6) is 0.731. The Morgan fingerprint density at radius 2 is 1.94 bits per heavy atom. The fraction of sp³-hybridized carbons (Fsp3) is 0.130. The average molecular weight is 412 g/mol. The largest absolute Gasteiger partial charge is 0.497 e. The summed E-state index contributed by atoms with van der Waals surface area (Å²) in [5.41, 5.74) is 5.05. The number of carbonyl (C=O) groups is 1. The van der Waals surface area contributed by atoms with Gasteiger partial charge in [-0.05, 0) is 48.9 Å². The van der Waals surface area contributed by atoms with E-state index < -0.39 is 0 Å². The lowest BCUT2D eigenvalue weighted by molar-refractivity contribution is 0.0930. The molecule has 1 unspecified atom stereocenters. The van der Waals surface area contributed by atoms with Gasteiger partial charge in [-0.25, -0.2) is 4.98 Å². The zero-order valence-corrected chi connectivity index (χ0v) is 17.0. The molecular weight excluding hydrogens is 392 g/mol. The second kappa shape index (κ2) is 7.56. The lowest BCUT2D eigenvalue weighted by Crippen LogP contribution is -2.27. The van der Waals surface area contributed by atoms with Gasteiger partial charge in [-0.15, -0.1) is 0 Å². The molecule has 0 spiro atoms. The normalized spacial score (nSPS) is 12.2. The molecule has 3 aromatic heterocycles. The highest BCUT2D eigenvalue weighted by Crippen LogP contribution is 2.29. The van der Waals surface area contributed by atoms with E-state index in [9.17, 15) is 4.79 Å². The maximum atomic E-state index is 12.8. The number of methoxy groups -OCH3 is 1. The Labute approximate surface area is 177 Å². The summed E-state index contributed by atoms with van der Waals surface area (Å²) in [4.78, 5) is 24.5. The van der Waals surface area contributed by atoms with E-state index in [0.29, 0.717) is 5.52 Å². The topological polar surface area (TPSA) is 109 Å². The number of H-pyrrole nitrogens is 2. The van der Waals surface area contributed by atoms with Crippen LogP contribution in [-0.4, -0.2) is 38.2 Å². The molecular formula is C23H20N6O2. The summed E-state index contributed by atoms with van der Waals surface area (Å²) in [5, 5.41) is 11.4. The average Bonchev–Trinajstić information content (AvgIpc) is 3.41. The van der Waals surface area contributed by atoms with Gasteiger partial charge in [0.1, 0.15) is 11.4 Å². The van der Waals surface area contributed by atoms with E-state index in [-0.39, 0.29) is 17.8 Å². The number of imidazole rings is 1. The van der Waals surface area contributed by atoms with Crippen LogP contribution in [0.5, 0.6) is 5.75 Å². The number of aromatic nitrogens is 5. The number of hydrogen-bond donors (Lipinski definition) is 3. The van der Waals surface area contributed by atoms with Crippen molar-refractivity contribution in [1.82, 2.24) is 30.5 Å². The summed E-state index contributed by atoms with van der Waals surface area (Å²) in [6.45, 7) is 1.92. The first kappa shape index (κ1) is 18.8. The molecule has 3 N–H and O–H groups in total. The summed E-state index contributed by atoms with van der Waals surface area (Å²) < 4.78 is 5.26. The number of amides is 1. The number of nitrogens with one attached hydrogen (secondary N) is 3. The third-order valence-electron chi connectivity index (χ3n) is 5.27. The molecule has 0 saturated carbocycles. The minimum absolute atomic E-state index is 0.201. The molecule has 0 aliphatic carbocycles. The van der Waals surface area contributed by atoms with E-state index in [1.807, 2.05) is 55.5 Å². The maximum absolute atomic E-state index is 12.8. The number of nitrogens with zero attached hydrogens (tertiary/aromatic N) is 3. The van der Waals surface area contributed by atoms with Crippen LogP contribution in [0.3, 0.4) is 0 Å². The van der Waals surface area contributed by atoms with Crippen LogP contribution >= 0.6 is 0 Å². The molecule has 8 nitrogen and oxygen atoms in total. The highest BCUT2D eigenvalue weighted by molar-refractivity contribution is 6.02. The molecule has 0 fully saturated rings. The molecule has 2 aromatic carbocycles. The number of benzene rings is 2. The number of hydrogen-bond acceptors (Lipinski definition) is 5. The predicted molar refractivity (Wildman–Crippen MR) is 118 cm³/mol. The van der Waals surface area contributed by atoms with E-state index in [0.717, 1.165) is 39.0 Å². The SMILES string of the molecule is COc1cccc(C(C)NC(=O)c2nc3cc4c(-c5ccncc5)n[nH]c4cc3[nH]2)c1. The predicted octanol–water partition coefficient (Wildman–Crippen LogP) is 4.00. The summed E-state index contributed by atoms with van der Waals surface area (Å²) in [6, 6.07) is 15.1. The lowest BCUT2D eigenvalue weighted by Gasteiger charge is -2.14. The zero-order chi connectivity index (χ0) is 21.4. The van der Waals surface area contributed by atoms with Crippen LogP contribution in [0.1, 0.15) is 29.1 Å². The molecule has 5 rings (SSSR count). The molecule has 5 aromatic rings. The van der Waals surface area contributed by atoms with Crippen LogP contribution in [0.15, 0.2) is 60.9 Å². The van der Waals surface area contributed by atoms with Gasteiger partial charge in [0.05, 0.1) is 29.7 Å². The van der Waals surface area contributed by atoms with E-state index >= 15 is 0 Å². The van der Waals surface area contributed by atoms with Crippen molar-refractivity contribution < 1.29 is 9.53 Å². The Balaban J connectivity index is 1.44. The monoisotopic (exact) mass is 412 g/mol. The molecule has 3 heterocycles. The standard InChI is InChI=1S/C23H20N6O2/c1-13(15-4-3-5-16(10-15)31-2)25-23(30)22-26-19-11-17-18(12-20(19)27-22)28-29-21(17)14-6-8-24-9-7-14/h3-13H,1-2H3,(H,25,30)(H,26,27)(H,28,29). The number of rotatable bonds is 5. The van der Waals surface area contributed by atoms with E-state index in [1.54, 1.807) is 19.5 Å². The Kier molecular flexibility index (Phi) is 4.59. The number of pyridine rings is 1. The number of ether oxygens (including phenoxy) is 1. The smallest absolute Gasteiger partial charge is 0.287 e. The van der Waals surface area contributed by atoms with E-state index in [2.05, 4.69) is 30.5 Å². The Hall–Kier alpha value is -4.20. The second-order valence-corrected chi connectivity index (χ2v) is 7.28. The number of fused-ring (bicyclic) bond motifs is 2. The fourth-order valence-corrected chi connectivity index (χ4v) is 3.62. The van der Waals surface area contributed by atoms with Gasteiger partial charge < -0.3 is 15.0 Å². The first-order chi connectivity index (χ1) is 15.1. The summed E-state index contributed by atoms with van der Waals surface area (Å²) in [7, 11) is 1.62. The Morgan fingerprint density at radius 1 is 1.10 bits per heavy atom. The highest BCUT2D eigenvalue weighted by Gasteiger charge is 2.17. The molecule has 0 saturated heterocycles. The highest BCUT2D eigenvalue weighted by atomic mass is 16.5. The summed E-state index contributed by atoms with van der Waals surface area (Å²) in [6.07, 6.45) is 3.46. The van der Waals surface area contributed by atoms with Gasteiger partial charge in [-0.2, -0.15) is 5.10 Å². The van der Waals surface area contributed by atoms with Gasteiger partial charge >= 0.3 is 0 Å².